The zero-order valence-corrected chi connectivity index (χ0v) is 17.1. The van der Waals surface area contributed by atoms with Crippen molar-refractivity contribution in [2.24, 2.45) is 0 Å². The van der Waals surface area contributed by atoms with E-state index in [4.69, 9.17) is 4.74 Å². The Morgan fingerprint density at radius 2 is 1.90 bits per heavy atom. The molecule has 0 bridgehead atoms. The molecule has 0 atom stereocenters. The minimum atomic E-state index is -0.208. The monoisotopic (exact) mass is 392 g/mol. The van der Waals surface area contributed by atoms with Crippen LogP contribution in [0.25, 0.3) is 11.0 Å². The molecule has 6 heteroatoms. The van der Waals surface area contributed by atoms with Gasteiger partial charge in [-0.3, -0.25) is 0 Å². The predicted molar refractivity (Wildman–Crippen MR) is 115 cm³/mol. The van der Waals surface area contributed by atoms with Crippen LogP contribution in [0.4, 0.5) is 4.79 Å². The summed E-state index contributed by atoms with van der Waals surface area (Å²) in [6, 6.07) is 16.4. The Balaban J connectivity index is 1.57. The number of carbonyl (C=O) groups excluding carboxylic acids is 1. The topological polar surface area (TPSA) is 59.4 Å². The number of benzene rings is 2. The van der Waals surface area contributed by atoms with E-state index in [0.29, 0.717) is 18.5 Å². The van der Waals surface area contributed by atoms with E-state index in [1.54, 1.807) is 11.7 Å². The lowest BCUT2D eigenvalue weighted by atomic mass is 9.89. The molecule has 152 valence electrons. The second-order valence-electron chi connectivity index (χ2n) is 7.69. The van der Waals surface area contributed by atoms with E-state index in [1.165, 1.54) is 11.1 Å². The van der Waals surface area contributed by atoms with Crippen molar-refractivity contribution >= 4 is 17.1 Å². The maximum atomic E-state index is 12.9. The summed E-state index contributed by atoms with van der Waals surface area (Å²) >= 11 is 0. The van der Waals surface area contributed by atoms with Crippen LogP contribution in [-0.4, -0.2) is 54.3 Å². The third kappa shape index (κ3) is 4.12. The standard InChI is InChI=1S/C23H28N4O2/c1-26-15-12-18(13-16-26)19-9-6-10-20-21(19)25-23(29-2)27(20)22(28)24-14-11-17-7-4-3-5-8-17/h3-10,18H,11-16H2,1-2H3,(H,24,28). The highest BCUT2D eigenvalue weighted by atomic mass is 16.5. The average Bonchev–Trinajstić information content (AvgIpc) is 3.14. The van der Waals surface area contributed by atoms with Gasteiger partial charge in [0.1, 0.15) is 0 Å². The van der Waals surface area contributed by atoms with Crippen molar-refractivity contribution in [3.8, 4) is 6.01 Å². The number of nitrogens with zero attached hydrogens (tertiary/aromatic N) is 3. The summed E-state index contributed by atoms with van der Waals surface area (Å²) in [4.78, 5) is 20.0. The van der Waals surface area contributed by atoms with E-state index in [1.807, 2.05) is 30.3 Å². The van der Waals surface area contributed by atoms with Gasteiger partial charge in [-0.05, 0) is 62.5 Å². The maximum Gasteiger partial charge on any atom is 0.330 e. The minimum absolute atomic E-state index is 0.208. The summed E-state index contributed by atoms with van der Waals surface area (Å²) in [5, 5.41) is 3.00. The Hall–Kier alpha value is -2.86. The lowest BCUT2D eigenvalue weighted by Crippen LogP contribution is -2.30. The van der Waals surface area contributed by atoms with Crippen molar-refractivity contribution in [2.75, 3.05) is 33.8 Å². The zero-order valence-electron chi connectivity index (χ0n) is 17.1. The quantitative estimate of drug-likeness (QED) is 0.720. The SMILES string of the molecule is COc1nc2c(C3CCN(C)CC3)cccc2n1C(=O)NCCc1ccccc1. The van der Waals surface area contributed by atoms with Crippen LogP contribution in [0.3, 0.4) is 0 Å². The Labute approximate surface area is 171 Å². The smallest absolute Gasteiger partial charge is 0.330 e. The van der Waals surface area contributed by atoms with Crippen LogP contribution >= 0.6 is 0 Å². The molecule has 0 saturated carbocycles. The summed E-state index contributed by atoms with van der Waals surface area (Å²) in [5.74, 6) is 0.462. The molecule has 1 N–H and O–H groups in total. The van der Waals surface area contributed by atoms with Crippen LogP contribution in [-0.2, 0) is 6.42 Å². The molecule has 1 aliphatic heterocycles. The van der Waals surface area contributed by atoms with Gasteiger partial charge in [-0.15, -0.1) is 0 Å². The van der Waals surface area contributed by atoms with Crippen LogP contribution < -0.4 is 10.1 Å². The molecule has 0 spiro atoms. The van der Waals surface area contributed by atoms with E-state index >= 15 is 0 Å². The zero-order chi connectivity index (χ0) is 20.2. The molecule has 1 fully saturated rings. The van der Waals surface area contributed by atoms with Crippen LogP contribution in [0.5, 0.6) is 6.01 Å². The number of carbonyl (C=O) groups is 1. The van der Waals surface area contributed by atoms with Gasteiger partial charge in [0.2, 0.25) is 0 Å². The van der Waals surface area contributed by atoms with E-state index in [9.17, 15) is 4.79 Å². The van der Waals surface area contributed by atoms with E-state index in [0.717, 1.165) is 43.4 Å². The number of imidazole rings is 1. The molecule has 1 amide bonds. The van der Waals surface area contributed by atoms with Crippen molar-refractivity contribution in [1.29, 1.82) is 0 Å². The van der Waals surface area contributed by atoms with Gasteiger partial charge < -0.3 is 15.0 Å². The van der Waals surface area contributed by atoms with Crippen molar-refractivity contribution < 1.29 is 9.53 Å². The number of aromatic nitrogens is 2. The molecule has 29 heavy (non-hydrogen) atoms. The number of amides is 1. The number of hydrogen-bond acceptors (Lipinski definition) is 4. The van der Waals surface area contributed by atoms with Gasteiger partial charge in [-0.2, -0.15) is 4.98 Å². The third-order valence-corrected chi connectivity index (χ3v) is 5.76. The summed E-state index contributed by atoms with van der Waals surface area (Å²) in [6.45, 7) is 2.72. The summed E-state index contributed by atoms with van der Waals surface area (Å²) in [7, 11) is 3.72. The molecule has 0 aliphatic carbocycles. The van der Waals surface area contributed by atoms with Gasteiger partial charge in [0, 0.05) is 6.54 Å². The fraction of sp³-hybridized carbons (Fsp3) is 0.391. The lowest BCUT2D eigenvalue weighted by Gasteiger charge is -2.29. The van der Waals surface area contributed by atoms with Gasteiger partial charge in [0.15, 0.2) is 0 Å². The molecule has 0 unspecified atom stereocenters. The van der Waals surface area contributed by atoms with Crippen LogP contribution in [0.15, 0.2) is 48.5 Å². The number of rotatable bonds is 5. The normalized spacial score (nSPS) is 15.5. The van der Waals surface area contributed by atoms with Crippen molar-refractivity contribution in [3.63, 3.8) is 0 Å². The van der Waals surface area contributed by atoms with Crippen LogP contribution in [0.2, 0.25) is 0 Å². The lowest BCUT2D eigenvalue weighted by molar-refractivity contribution is 0.239. The average molecular weight is 393 g/mol. The molecule has 0 radical (unpaired) electrons. The first-order chi connectivity index (χ1) is 14.2. The second kappa shape index (κ2) is 8.66. The number of ether oxygens (including phenoxy) is 1. The first-order valence-electron chi connectivity index (χ1n) is 10.2. The minimum Gasteiger partial charge on any atom is -0.468 e. The van der Waals surface area contributed by atoms with Gasteiger partial charge in [-0.25, -0.2) is 9.36 Å². The number of nitrogens with one attached hydrogen (secondary N) is 1. The van der Waals surface area contributed by atoms with Crippen LogP contribution in [0.1, 0.15) is 29.9 Å². The Morgan fingerprint density at radius 1 is 1.14 bits per heavy atom. The first kappa shape index (κ1) is 19.5. The third-order valence-electron chi connectivity index (χ3n) is 5.76. The number of fused-ring (bicyclic) bond motifs is 1. The number of para-hydroxylation sites is 1. The number of piperidine rings is 1. The molecule has 1 aromatic heterocycles. The number of likely N-dealkylation sites (tertiary alicyclic amines) is 1. The number of methoxy groups -OCH3 is 1. The molecular formula is C23H28N4O2. The predicted octanol–water partition coefficient (Wildman–Crippen LogP) is 3.65. The molecule has 2 aromatic carbocycles. The molecule has 6 nitrogen and oxygen atoms in total. The number of hydrogen-bond donors (Lipinski definition) is 1. The fourth-order valence-corrected chi connectivity index (χ4v) is 4.12. The fourth-order valence-electron chi connectivity index (χ4n) is 4.12. The molecule has 1 aliphatic rings. The van der Waals surface area contributed by atoms with E-state index in [2.05, 4.69) is 40.4 Å². The highest BCUT2D eigenvalue weighted by molar-refractivity contribution is 5.92. The molecule has 2 heterocycles. The van der Waals surface area contributed by atoms with E-state index < -0.39 is 0 Å². The molecular weight excluding hydrogens is 364 g/mol. The summed E-state index contributed by atoms with van der Waals surface area (Å²) in [6.07, 6.45) is 2.99. The molecule has 1 saturated heterocycles. The van der Waals surface area contributed by atoms with Gasteiger partial charge in [-0.1, -0.05) is 42.5 Å². The highest BCUT2D eigenvalue weighted by Crippen LogP contribution is 2.34. The largest absolute Gasteiger partial charge is 0.468 e. The van der Waals surface area contributed by atoms with Crippen LogP contribution in [0, 0.1) is 0 Å². The molecule has 4 rings (SSSR count). The summed E-state index contributed by atoms with van der Waals surface area (Å²) < 4.78 is 7.01. The highest BCUT2D eigenvalue weighted by Gasteiger charge is 2.24. The van der Waals surface area contributed by atoms with Crippen molar-refractivity contribution in [2.45, 2.75) is 25.2 Å². The van der Waals surface area contributed by atoms with Crippen molar-refractivity contribution in [1.82, 2.24) is 19.8 Å². The van der Waals surface area contributed by atoms with E-state index in [-0.39, 0.29) is 6.03 Å². The Bertz CT molecular complexity index is 975. The Kier molecular flexibility index (Phi) is 5.81. The van der Waals surface area contributed by atoms with Gasteiger partial charge >= 0.3 is 12.0 Å². The Morgan fingerprint density at radius 3 is 2.62 bits per heavy atom. The van der Waals surface area contributed by atoms with Crippen molar-refractivity contribution in [3.05, 3.63) is 59.7 Å². The van der Waals surface area contributed by atoms with Gasteiger partial charge in [0.05, 0.1) is 18.1 Å². The summed E-state index contributed by atoms with van der Waals surface area (Å²) in [5.41, 5.74) is 4.08. The first-order valence-corrected chi connectivity index (χ1v) is 10.2. The second-order valence-corrected chi connectivity index (χ2v) is 7.69. The molecule has 3 aromatic rings. The van der Waals surface area contributed by atoms with Gasteiger partial charge in [0.25, 0.3) is 0 Å². The maximum absolute atomic E-state index is 12.9.